The largest absolute Gasteiger partial charge is 0.444 e. The van der Waals surface area contributed by atoms with Crippen LogP contribution in [0.4, 0.5) is 4.79 Å². The Hall–Kier alpha value is -0.870. The predicted molar refractivity (Wildman–Crippen MR) is 124 cm³/mol. The standard InChI is InChI=1S/C23H41N4O2P/c1-14(2)19-13-30-12-18(9-16-7-8-20(24)27(19)21(16)30)25-15(3)17-10-26(11-17)22(28)29-23(4,5)6/h14-19,21,24-25H,7-13H2,1-6H3/t15-,16-,18?,19?,21+,30?/m1/s1. The fraction of sp³-hybridized carbons (Fsp3) is 0.913. The lowest BCUT2D eigenvalue weighted by Crippen LogP contribution is -2.60. The van der Waals surface area contributed by atoms with Gasteiger partial charge in [0.2, 0.25) is 0 Å². The number of amides is 1. The summed E-state index contributed by atoms with van der Waals surface area (Å²) in [6.45, 7) is 14.3. The minimum atomic E-state index is -0.424. The average Bonchev–Trinajstić information content (AvgIpc) is 2.96. The van der Waals surface area contributed by atoms with Crippen molar-refractivity contribution in [2.45, 2.75) is 90.3 Å². The van der Waals surface area contributed by atoms with E-state index in [0.29, 0.717) is 35.7 Å². The van der Waals surface area contributed by atoms with Gasteiger partial charge in [-0.15, -0.1) is 0 Å². The zero-order valence-electron chi connectivity index (χ0n) is 19.6. The zero-order valence-corrected chi connectivity index (χ0v) is 20.5. The van der Waals surface area contributed by atoms with Crippen LogP contribution in [0.2, 0.25) is 0 Å². The highest BCUT2D eigenvalue weighted by atomic mass is 31.1. The number of piperidine rings is 1. The first-order chi connectivity index (χ1) is 14.0. The average molecular weight is 437 g/mol. The molecule has 6 atom stereocenters. The number of hydrogen-bond donors (Lipinski definition) is 2. The number of carbonyl (C=O) groups is 1. The molecule has 7 heteroatoms. The molecule has 0 aromatic heterocycles. The van der Waals surface area contributed by atoms with Crippen molar-refractivity contribution < 1.29 is 9.53 Å². The quantitative estimate of drug-likeness (QED) is 0.650. The van der Waals surface area contributed by atoms with Gasteiger partial charge in [0.25, 0.3) is 0 Å². The van der Waals surface area contributed by atoms with Crippen molar-refractivity contribution in [1.29, 1.82) is 5.41 Å². The molecule has 2 N–H and O–H groups in total. The van der Waals surface area contributed by atoms with Crippen molar-refractivity contribution in [2.24, 2.45) is 17.8 Å². The minimum absolute atomic E-state index is 0.0235. The van der Waals surface area contributed by atoms with Crippen molar-refractivity contribution in [3.8, 4) is 0 Å². The van der Waals surface area contributed by atoms with E-state index in [1.54, 1.807) is 0 Å². The van der Waals surface area contributed by atoms with Crippen LogP contribution in [0.3, 0.4) is 0 Å². The molecule has 0 aromatic carbocycles. The first kappa shape index (κ1) is 22.3. The Morgan fingerprint density at radius 2 is 1.93 bits per heavy atom. The summed E-state index contributed by atoms with van der Waals surface area (Å²) in [6.07, 6.45) is 5.86. The van der Waals surface area contributed by atoms with Gasteiger partial charge in [0.1, 0.15) is 5.60 Å². The van der Waals surface area contributed by atoms with Crippen molar-refractivity contribution in [2.75, 3.05) is 25.4 Å². The molecule has 30 heavy (non-hydrogen) atoms. The maximum Gasteiger partial charge on any atom is 0.410 e. The van der Waals surface area contributed by atoms with Crippen LogP contribution >= 0.6 is 7.92 Å². The molecule has 1 amide bonds. The van der Waals surface area contributed by atoms with Crippen LogP contribution in [0.5, 0.6) is 0 Å². The molecular formula is C23H41N4O2P. The molecule has 4 saturated heterocycles. The van der Waals surface area contributed by atoms with E-state index in [1.807, 2.05) is 25.7 Å². The molecule has 4 aliphatic heterocycles. The molecule has 4 aliphatic rings. The lowest BCUT2D eigenvalue weighted by atomic mass is 9.87. The summed E-state index contributed by atoms with van der Waals surface area (Å²) in [7, 11) is -0.0235. The Labute approximate surface area is 183 Å². The smallest absolute Gasteiger partial charge is 0.410 e. The number of amidine groups is 1. The van der Waals surface area contributed by atoms with Gasteiger partial charge in [-0.1, -0.05) is 21.8 Å². The summed E-state index contributed by atoms with van der Waals surface area (Å²) < 4.78 is 5.50. The van der Waals surface area contributed by atoms with Crippen LogP contribution in [-0.2, 0) is 4.74 Å². The molecule has 4 fully saturated rings. The molecule has 0 bridgehead atoms. The van der Waals surface area contributed by atoms with Gasteiger partial charge in [-0.25, -0.2) is 4.79 Å². The second-order valence-electron chi connectivity index (χ2n) is 11.4. The van der Waals surface area contributed by atoms with Crippen molar-refractivity contribution in [1.82, 2.24) is 15.1 Å². The molecule has 0 saturated carbocycles. The molecule has 0 radical (unpaired) electrons. The second-order valence-corrected chi connectivity index (χ2v) is 13.8. The van der Waals surface area contributed by atoms with Crippen molar-refractivity contribution in [3.05, 3.63) is 0 Å². The maximum absolute atomic E-state index is 12.2. The molecule has 0 aliphatic carbocycles. The summed E-state index contributed by atoms with van der Waals surface area (Å²) in [5.41, 5.74) is -0.424. The van der Waals surface area contributed by atoms with Gasteiger partial charge in [-0.05, 0) is 64.7 Å². The number of ether oxygens (including phenoxy) is 1. The van der Waals surface area contributed by atoms with E-state index in [9.17, 15) is 4.79 Å². The Morgan fingerprint density at radius 1 is 1.23 bits per heavy atom. The van der Waals surface area contributed by atoms with Gasteiger partial charge in [0.15, 0.2) is 0 Å². The number of nitrogens with zero attached hydrogens (tertiary/aromatic N) is 2. The normalized spacial score (nSPS) is 35.3. The summed E-state index contributed by atoms with van der Waals surface area (Å²) in [4.78, 5) is 16.6. The maximum atomic E-state index is 12.2. The SMILES string of the molecule is CC(C)C1CP2CC(N[C@H](C)C3CN(C(=O)OC(C)(C)C)C3)C[C@H]3CCC(=N)N1[C@H]32. The van der Waals surface area contributed by atoms with Crippen LogP contribution in [0.25, 0.3) is 0 Å². The molecule has 3 unspecified atom stereocenters. The Bertz CT molecular complexity index is 673. The zero-order chi connectivity index (χ0) is 21.8. The fourth-order valence-electron chi connectivity index (χ4n) is 5.90. The molecule has 0 spiro atoms. The van der Waals surface area contributed by atoms with Crippen molar-refractivity contribution >= 4 is 19.9 Å². The third-order valence-electron chi connectivity index (χ3n) is 7.50. The van der Waals surface area contributed by atoms with Gasteiger partial charge in [-0.2, -0.15) is 0 Å². The second kappa shape index (κ2) is 8.24. The summed E-state index contributed by atoms with van der Waals surface area (Å²) in [5, 5.41) is 12.5. The van der Waals surface area contributed by atoms with E-state index in [-0.39, 0.29) is 14.0 Å². The third-order valence-corrected chi connectivity index (χ3v) is 10.7. The number of likely N-dealkylation sites (tertiary alicyclic amines) is 1. The van der Waals surface area contributed by atoms with Gasteiger partial charge in [-0.3, -0.25) is 5.41 Å². The lowest BCUT2D eigenvalue weighted by Gasteiger charge is -2.49. The Balaban J connectivity index is 1.31. The highest BCUT2D eigenvalue weighted by Crippen LogP contribution is 2.61. The van der Waals surface area contributed by atoms with Gasteiger partial charge >= 0.3 is 6.09 Å². The number of nitrogens with one attached hydrogen (secondary N) is 2. The highest BCUT2D eigenvalue weighted by Gasteiger charge is 2.52. The van der Waals surface area contributed by atoms with E-state index < -0.39 is 5.60 Å². The Kier molecular flexibility index (Phi) is 6.13. The van der Waals surface area contributed by atoms with Crippen LogP contribution in [-0.4, -0.2) is 76.7 Å². The monoisotopic (exact) mass is 436 g/mol. The van der Waals surface area contributed by atoms with Crippen LogP contribution < -0.4 is 5.32 Å². The number of rotatable bonds is 4. The van der Waals surface area contributed by atoms with E-state index in [1.165, 1.54) is 25.2 Å². The molecule has 6 nitrogen and oxygen atoms in total. The number of hydrogen-bond acceptors (Lipinski definition) is 4. The third kappa shape index (κ3) is 4.37. The molecule has 0 aromatic rings. The van der Waals surface area contributed by atoms with Crippen molar-refractivity contribution in [3.63, 3.8) is 0 Å². The summed E-state index contributed by atoms with van der Waals surface area (Å²) in [6, 6.07) is 1.62. The minimum Gasteiger partial charge on any atom is -0.444 e. The molecule has 170 valence electrons. The van der Waals surface area contributed by atoms with E-state index in [2.05, 4.69) is 31.0 Å². The number of carbonyl (C=O) groups excluding carboxylic acids is 1. The summed E-state index contributed by atoms with van der Waals surface area (Å²) in [5.74, 6) is 3.50. The van der Waals surface area contributed by atoms with Gasteiger partial charge in [0.05, 0.1) is 11.6 Å². The van der Waals surface area contributed by atoms with Crippen LogP contribution in [0.15, 0.2) is 0 Å². The lowest BCUT2D eigenvalue weighted by molar-refractivity contribution is -0.00644. The molecule has 4 heterocycles. The Morgan fingerprint density at radius 3 is 2.57 bits per heavy atom. The fourth-order valence-corrected chi connectivity index (χ4v) is 9.91. The first-order valence-corrected chi connectivity index (χ1v) is 13.7. The topological polar surface area (TPSA) is 68.7 Å². The predicted octanol–water partition coefficient (Wildman–Crippen LogP) is 4.14. The van der Waals surface area contributed by atoms with Crippen LogP contribution in [0, 0.1) is 23.2 Å². The van der Waals surface area contributed by atoms with Gasteiger partial charge < -0.3 is 19.9 Å². The van der Waals surface area contributed by atoms with Gasteiger partial charge in [0, 0.05) is 43.6 Å². The van der Waals surface area contributed by atoms with E-state index in [4.69, 9.17) is 10.1 Å². The summed E-state index contributed by atoms with van der Waals surface area (Å²) >= 11 is 0. The first-order valence-electron chi connectivity index (χ1n) is 11.9. The highest BCUT2D eigenvalue weighted by molar-refractivity contribution is 7.59. The van der Waals surface area contributed by atoms with Crippen LogP contribution in [0.1, 0.15) is 60.8 Å². The van der Waals surface area contributed by atoms with E-state index in [0.717, 1.165) is 31.3 Å². The molecular weight excluding hydrogens is 395 g/mol. The van der Waals surface area contributed by atoms with E-state index >= 15 is 0 Å². The molecule has 4 rings (SSSR count).